The molecule has 1 saturated heterocycles. The fraction of sp³-hybridized carbons (Fsp3) is 0.438. The molecule has 6 heteroatoms. The van der Waals surface area contributed by atoms with Crippen LogP contribution in [0.15, 0.2) is 36.7 Å². The van der Waals surface area contributed by atoms with E-state index >= 15 is 0 Å². The van der Waals surface area contributed by atoms with Crippen LogP contribution < -0.4 is 0 Å². The van der Waals surface area contributed by atoms with Crippen LogP contribution in [0, 0.1) is 11.6 Å². The summed E-state index contributed by atoms with van der Waals surface area (Å²) in [5.74, 6) is -1.55. The number of rotatable bonds is 4. The molecule has 1 aliphatic heterocycles. The zero-order valence-corrected chi connectivity index (χ0v) is 12.3. The maximum Gasteiger partial charge on any atom is 0.163 e. The zero-order chi connectivity index (χ0) is 15.4. The van der Waals surface area contributed by atoms with Crippen LogP contribution in [0.4, 0.5) is 8.78 Å². The van der Waals surface area contributed by atoms with Crippen LogP contribution in [0.3, 0.4) is 0 Å². The lowest BCUT2D eigenvalue weighted by Crippen LogP contribution is -2.34. The van der Waals surface area contributed by atoms with Gasteiger partial charge in [-0.05, 0) is 18.6 Å². The second-order valence-corrected chi connectivity index (χ2v) is 5.52. The minimum absolute atomic E-state index is 0.000907. The van der Waals surface area contributed by atoms with E-state index in [1.54, 1.807) is 18.3 Å². The Morgan fingerprint density at radius 3 is 3.00 bits per heavy atom. The molecule has 0 saturated carbocycles. The summed E-state index contributed by atoms with van der Waals surface area (Å²) in [6.07, 6.45) is 4.51. The van der Waals surface area contributed by atoms with Gasteiger partial charge in [-0.25, -0.2) is 8.78 Å². The molecular formula is C16H19F2N3O. The van der Waals surface area contributed by atoms with Gasteiger partial charge in [0.25, 0.3) is 0 Å². The predicted octanol–water partition coefficient (Wildman–Crippen LogP) is 2.45. The number of halogens is 2. The number of ether oxygens (including phenoxy) is 1. The Bertz CT molecular complexity index is 603. The van der Waals surface area contributed by atoms with E-state index in [1.165, 1.54) is 0 Å². The molecule has 0 N–H and O–H groups in total. The molecule has 0 unspecified atom stereocenters. The SMILES string of the molecule is Fc1cccc(CN2CCCO[C@H](Cn3cccn3)C2)c1F. The van der Waals surface area contributed by atoms with Crippen molar-refractivity contribution in [3.8, 4) is 0 Å². The van der Waals surface area contributed by atoms with Gasteiger partial charge in [-0.3, -0.25) is 9.58 Å². The first-order valence-electron chi connectivity index (χ1n) is 7.46. The number of aromatic nitrogens is 2. The second kappa shape index (κ2) is 6.98. The highest BCUT2D eigenvalue weighted by Crippen LogP contribution is 2.16. The van der Waals surface area contributed by atoms with Crippen LogP contribution in [0.2, 0.25) is 0 Å². The first-order valence-corrected chi connectivity index (χ1v) is 7.46. The lowest BCUT2D eigenvalue weighted by molar-refractivity contribution is 0.0390. The Morgan fingerprint density at radius 1 is 1.27 bits per heavy atom. The molecule has 118 valence electrons. The third kappa shape index (κ3) is 3.69. The Balaban J connectivity index is 1.66. The zero-order valence-electron chi connectivity index (χ0n) is 12.3. The van der Waals surface area contributed by atoms with Crippen molar-refractivity contribution < 1.29 is 13.5 Å². The molecule has 0 spiro atoms. The van der Waals surface area contributed by atoms with Crippen molar-refractivity contribution in [3.63, 3.8) is 0 Å². The highest BCUT2D eigenvalue weighted by molar-refractivity contribution is 5.18. The highest BCUT2D eigenvalue weighted by atomic mass is 19.2. The molecule has 22 heavy (non-hydrogen) atoms. The largest absolute Gasteiger partial charge is 0.375 e. The molecule has 0 bridgehead atoms. The predicted molar refractivity (Wildman–Crippen MR) is 78.2 cm³/mol. The number of benzene rings is 1. The van der Waals surface area contributed by atoms with Crippen molar-refractivity contribution in [3.05, 3.63) is 53.9 Å². The van der Waals surface area contributed by atoms with E-state index in [2.05, 4.69) is 10.00 Å². The van der Waals surface area contributed by atoms with E-state index in [0.29, 0.717) is 31.8 Å². The Kier molecular flexibility index (Phi) is 4.80. The second-order valence-electron chi connectivity index (χ2n) is 5.52. The normalized spacial score (nSPS) is 20.0. The van der Waals surface area contributed by atoms with Gasteiger partial charge < -0.3 is 4.74 Å². The van der Waals surface area contributed by atoms with E-state index in [0.717, 1.165) is 19.0 Å². The van der Waals surface area contributed by atoms with Crippen LogP contribution >= 0.6 is 0 Å². The van der Waals surface area contributed by atoms with Crippen LogP contribution in [-0.2, 0) is 17.8 Å². The third-order valence-corrected chi connectivity index (χ3v) is 3.81. The summed E-state index contributed by atoms with van der Waals surface area (Å²) in [5, 5.41) is 4.18. The van der Waals surface area contributed by atoms with Crippen molar-refractivity contribution in [1.82, 2.24) is 14.7 Å². The molecule has 0 aliphatic carbocycles. The van der Waals surface area contributed by atoms with Gasteiger partial charge in [-0.2, -0.15) is 5.10 Å². The van der Waals surface area contributed by atoms with Crippen molar-refractivity contribution in [2.24, 2.45) is 0 Å². The van der Waals surface area contributed by atoms with Gasteiger partial charge >= 0.3 is 0 Å². The highest BCUT2D eigenvalue weighted by Gasteiger charge is 2.21. The smallest absolute Gasteiger partial charge is 0.163 e. The molecule has 2 aromatic rings. The summed E-state index contributed by atoms with van der Waals surface area (Å²) in [7, 11) is 0. The van der Waals surface area contributed by atoms with Crippen LogP contribution in [0.5, 0.6) is 0 Å². The molecule has 1 atom stereocenters. The van der Waals surface area contributed by atoms with Gasteiger partial charge in [-0.15, -0.1) is 0 Å². The molecule has 0 amide bonds. The average molecular weight is 307 g/mol. The molecule has 4 nitrogen and oxygen atoms in total. The Morgan fingerprint density at radius 2 is 2.18 bits per heavy atom. The molecule has 0 radical (unpaired) electrons. The molecule has 1 aromatic carbocycles. The molecule has 1 fully saturated rings. The fourth-order valence-corrected chi connectivity index (χ4v) is 2.75. The summed E-state index contributed by atoms with van der Waals surface area (Å²) in [6, 6.07) is 6.19. The Hall–Kier alpha value is -1.79. The number of nitrogens with zero attached hydrogens (tertiary/aromatic N) is 3. The molecule has 1 aromatic heterocycles. The molecule has 3 rings (SSSR count). The minimum atomic E-state index is -0.795. The lowest BCUT2D eigenvalue weighted by Gasteiger charge is -2.24. The summed E-state index contributed by atoms with van der Waals surface area (Å²) in [5.41, 5.74) is 0.389. The summed E-state index contributed by atoms with van der Waals surface area (Å²) >= 11 is 0. The maximum atomic E-state index is 13.8. The Labute approximate surface area is 128 Å². The van der Waals surface area contributed by atoms with Crippen molar-refractivity contribution in [2.45, 2.75) is 25.6 Å². The fourth-order valence-electron chi connectivity index (χ4n) is 2.75. The monoisotopic (exact) mass is 307 g/mol. The van der Waals surface area contributed by atoms with Gasteiger partial charge in [-0.1, -0.05) is 12.1 Å². The topological polar surface area (TPSA) is 30.3 Å². The van der Waals surface area contributed by atoms with Gasteiger partial charge in [0.05, 0.1) is 12.6 Å². The standard InChI is InChI=1S/C16H19F2N3O/c17-15-5-1-4-13(16(15)18)10-20-7-3-9-22-14(11-20)12-21-8-2-6-19-21/h1-2,4-6,8,14H,3,7,9-12H2/t14-/m0/s1. The molecule has 1 aliphatic rings. The average Bonchev–Trinajstić information content (AvgIpc) is 2.91. The van der Waals surface area contributed by atoms with Crippen LogP contribution in [0.25, 0.3) is 0 Å². The molecule has 2 heterocycles. The summed E-state index contributed by atoms with van der Waals surface area (Å²) in [6.45, 7) is 3.22. The quantitative estimate of drug-likeness (QED) is 0.869. The van der Waals surface area contributed by atoms with E-state index in [-0.39, 0.29) is 6.10 Å². The van der Waals surface area contributed by atoms with Gasteiger partial charge in [0, 0.05) is 44.2 Å². The van der Waals surface area contributed by atoms with Crippen molar-refractivity contribution in [1.29, 1.82) is 0 Å². The minimum Gasteiger partial charge on any atom is -0.375 e. The van der Waals surface area contributed by atoms with E-state index in [4.69, 9.17) is 4.74 Å². The van der Waals surface area contributed by atoms with E-state index in [9.17, 15) is 8.78 Å². The number of hydrogen-bond donors (Lipinski definition) is 0. The van der Waals surface area contributed by atoms with E-state index in [1.807, 2.05) is 16.9 Å². The van der Waals surface area contributed by atoms with E-state index < -0.39 is 11.6 Å². The first-order chi connectivity index (χ1) is 10.7. The lowest BCUT2D eigenvalue weighted by atomic mass is 10.1. The van der Waals surface area contributed by atoms with Crippen molar-refractivity contribution in [2.75, 3.05) is 19.7 Å². The van der Waals surface area contributed by atoms with Gasteiger partial charge in [0.15, 0.2) is 11.6 Å². The van der Waals surface area contributed by atoms with Gasteiger partial charge in [0.1, 0.15) is 0 Å². The molecular weight excluding hydrogens is 288 g/mol. The number of hydrogen-bond acceptors (Lipinski definition) is 3. The maximum absolute atomic E-state index is 13.8. The summed E-state index contributed by atoms with van der Waals surface area (Å²) < 4.78 is 34.8. The summed E-state index contributed by atoms with van der Waals surface area (Å²) in [4.78, 5) is 2.11. The first kappa shape index (κ1) is 15.1. The van der Waals surface area contributed by atoms with Crippen LogP contribution in [0.1, 0.15) is 12.0 Å². The third-order valence-electron chi connectivity index (χ3n) is 3.81. The van der Waals surface area contributed by atoms with Gasteiger partial charge in [0.2, 0.25) is 0 Å². The van der Waals surface area contributed by atoms with Crippen LogP contribution in [-0.4, -0.2) is 40.5 Å². The van der Waals surface area contributed by atoms with Crippen molar-refractivity contribution >= 4 is 0 Å².